The van der Waals surface area contributed by atoms with Gasteiger partial charge >= 0.3 is 0 Å². The van der Waals surface area contributed by atoms with Gasteiger partial charge in [-0.25, -0.2) is 4.39 Å². The molecule has 1 saturated carbocycles. The lowest BCUT2D eigenvalue weighted by molar-refractivity contribution is -0.143. The number of hydrogen-bond acceptors (Lipinski definition) is 3. The fourth-order valence-corrected chi connectivity index (χ4v) is 4.86. The predicted molar refractivity (Wildman–Crippen MR) is 131 cm³/mol. The summed E-state index contributed by atoms with van der Waals surface area (Å²) in [6.07, 6.45) is 5.77. The zero-order valence-electron chi connectivity index (χ0n) is 18.7. The van der Waals surface area contributed by atoms with Crippen LogP contribution in [0.5, 0.6) is 5.75 Å². The molecule has 1 aliphatic carbocycles. The summed E-state index contributed by atoms with van der Waals surface area (Å²) in [5.74, 6) is -0.358. The maximum absolute atomic E-state index is 13.4. The number of hydrogen-bond donors (Lipinski definition) is 1. The van der Waals surface area contributed by atoms with Crippen LogP contribution in [0, 0.1) is 5.82 Å². The molecular weight excluding hydrogens is 511 g/mol. The van der Waals surface area contributed by atoms with Gasteiger partial charge in [0, 0.05) is 17.6 Å². The van der Waals surface area contributed by atoms with Crippen molar-refractivity contribution in [2.75, 3.05) is 6.61 Å². The molecule has 178 valence electrons. The fraction of sp³-hybridized carbons (Fsp3) is 0.440. The third-order valence-corrected chi connectivity index (χ3v) is 6.70. The highest BCUT2D eigenvalue weighted by Crippen LogP contribution is 2.28. The molecule has 0 bridgehead atoms. The molecule has 1 fully saturated rings. The van der Waals surface area contributed by atoms with Gasteiger partial charge in [-0.05, 0) is 71.1 Å². The molecule has 1 aliphatic rings. The van der Waals surface area contributed by atoms with E-state index in [1.807, 2.05) is 6.92 Å². The Hall–Kier alpha value is -2.12. The molecule has 0 radical (unpaired) electrons. The Labute approximate surface area is 207 Å². The number of rotatable bonds is 9. The second-order valence-electron chi connectivity index (χ2n) is 8.28. The molecule has 0 aromatic heterocycles. The van der Waals surface area contributed by atoms with Crippen LogP contribution in [-0.2, 0) is 16.1 Å². The highest BCUT2D eigenvalue weighted by Gasteiger charge is 2.30. The van der Waals surface area contributed by atoms with Gasteiger partial charge in [-0.15, -0.1) is 0 Å². The van der Waals surface area contributed by atoms with E-state index in [-0.39, 0.29) is 36.8 Å². The van der Waals surface area contributed by atoms with Crippen LogP contribution in [0.4, 0.5) is 4.39 Å². The molecule has 2 aromatic carbocycles. The van der Waals surface area contributed by atoms with Crippen molar-refractivity contribution in [3.63, 3.8) is 0 Å². The number of ether oxygens (including phenoxy) is 1. The minimum atomic E-state index is -0.651. The van der Waals surface area contributed by atoms with E-state index in [9.17, 15) is 14.0 Å². The summed E-state index contributed by atoms with van der Waals surface area (Å²) >= 11 is 9.36. The zero-order valence-corrected chi connectivity index (χ0v) is 21.0. The van der Waals surface area contributed by atoms with Gasteiger partial charge in [-0.3, -0.25) is 9.59 Å². The molecule has 8 heteroatoms. The zero-order chi connectivity index (χ0) is 23.8. The monoisotopic (exact) mass is 538 g/mol. The number of nitrogens with zero attached hydrogens (tertiary/aromatic N) is 1. The molecule has 33 heavy (non-hydrogen) atoms. The largest absolute Gasteiger partial charge is 0.483 e. The van der Waals surface area contributed by atoms with Crippen molar-refractivity contribution in [1.82, 2.24) is 10.2 Å². The Kier molecular flexibility index (Phi) is 9.56. The van der Waals surface area contributed by atoms with Crippen molar-refractivity contribution in [2.45, 2.75) is 64.1 Å². The smallest absolute Gasteiger partial charge is 0.261 e. The first-order valence-corrected chi connectivity index (χ1v) is 12.5. The van der Waals surface area contributed by atoms with Crippen molar-refractivity contribution in [2.24, 2.45) is 0 Å². The first-order valence-electron chi connectivity index (χ1n) is 11.3. The highest BCUT2D eigenvalue weighted by molar-refractivity contribution is 9.10. The molecule has 0 spiro atoms. The van der Waals surface area contributed by atoms with E-state index in [1.165, 1.54) is 23.5 Å². The van der Waals surface area contributed by atoms with Crippen molar-refractivity contribution in [1.29, 1.82) is 0 Å². The first kappa shape index (κ1) is 25.5. The minimum absolute atomic E-state index is 0.143. The maximum Gasteiger partial charge on any atom is 0.261 e. The molecule has 2 amide bonds. The van der Waals surface area contributed by atoms with Crippen LogP contribution >= 0.6 is 27.5 Å². The topological polar surface area (TPSA) is 58.6 Å². The van der Waals surface area contributed by atoms with E-state index in [2.05, 4.69) is 21.2 Å². The summed E-state index contributed by atoms with van der Waals surface area (Å²) in [4.78, 5) is 28.0. The quantitative estimate of drug-likeness (QED) is 0.433. The SMILES string of the molecule is CC[C@@H](C(=O)NC1CCCCC1)N(Cc1ccc(F)cc1)C(=O)COc1ccc(Cl)cc1Br. The van der Waals surface area contributed by atoms with Gasteiger partial charge in [-0.2, -0.15) is 0 Å². The number of halogens is 3. The summed E-state index contributed by atoms with van der Waals surface area (Å²) in [7, 11) is 0. The van der Waals surface area contributed by atoms with Gasteiger partial charge in [0.2, 0.25) is 5.91 Å². The predicted octanol–water partition coefficient (Wildman–Crippen LogP) is 5.88. The fourth-order valence-electron chi connectivity index (χ4n) is 4.06. The molecule has 0 saturated heterocycles. The van der Waals surface area contributed by atoms with E-state index in [0.717, 1.165) is 31.2 Å². The summed E-state index contributed by atoms with van der Waals surface area (Å²) < 4.78 is 19.8. The second-order valence-corrected chi connectivity index (χ2v) is 9.57. The molecule has 1 atom stereocenters. The lowest BCUT2D eigenvalue weighted by atomic mass is 9.95. The number of benzene rings is 2. The van der Waals surface area contributed by atoms with E-state index in [4.69, 9.17) is 16.3 Å². The summed E-state index contributed by atoms with van der Waals surface area (Å²) in [6.45, 7) is 1.82. The molecule has 0 unspecified atom stereocenters. The van der Waals surface area contributed by atoms with Gasteiger partial charge in [-0.1, -0.05) is 49.9 Å². The average Bonchev–Trinajstić information content (AvgIpc) is 2.80. The number of carbonyl (C=O) groups excluding carboxylic acids is 2. The van der Waals surface area contributed by atoms with Crippen molar-refractivity contribution < 1.29 is 18.7 Å². The third-order valence-electron chi connectivity index (χ3n) is 5.85. The molecule has 0 heterocycles. The molecular formula is C25H29BrClFN2O3. The Bertz CT molecular complexity index is 951. The Morgan fingerprint density at radius 3 is 2.52 bits per heavy atom. The number of amides is 2. The standard InChI is InChI=1S/C25H29BrClFN2O3/c1-2-22(25(32)29-20-6-4-3-5-7-20)30(15-17-8-11-19(28)12-9-17)24(31)16-33-23-13-10-18(27)14-21(23)26/h8-14,20,22H,2-7,15-16H2,1H3,(H,29,32)/t22-/m0/s1. The van der Waals surface area contributed by atoms with Crippen LogP contribution in [0.1, 0.15) is 51.0 Å². The molecule has 2 aromatic rings. The summed E-state index contributed by atoms with van der Waals surface area (Å²) in [6, 6.07) is 10.5. The Morgan fingerprint density at radius 2 is 1.88 bits per heavy atom. The van der Waals surface area contributed by atoms with Crippen molar-refractivity contribution in [3.8, 4) is 5.75 Å². The Morgan fingerprint density at radius 1 is 1.18 bits per heavy atom. The van der Waals surface area contributed by atoms with Crippen LogP contribution in [-0.4, -0.2) is 35.4 Å². The van der Waals surface area contributed by atoms with Crippen LogP contribution < -0.4 is 10.1 Å². The van der Waals surface area contributed by atoms with Crippen LogP contribution in [0.15, 0.2) is 46.9 Å². The lowest BCUT2D eigenvalue weighted by Gasteiger charge is -2.32. The summed E-state index contributed by atoms with van der Waals surface area (Å²) in [5.41, 5.74) is 0.737. The van der Waals surface area contributed by atoms with Crippen molar-refractivity contribution in [3.05, 3.63) is 63.3 Å². The summed E-state index contributed by atoms with van der Waals surface area (Å²) in [5, 5.41) is 3.68. The van der Waals surface area contributed by atoms with Crippen molar-refractivity contribution >= 4 is 39.3 Å². The van der Waals surface area contributed by atoms with E-state index < -0.39 is 6.04 Å². The van der Waals surface area contributed by atoms with Crippen LogP contribution in [0.25, 0.3) is 0 Å². The van der Waals surface area contributed by atoms with Gasteiger partial charge < -0.3 is 15.0 Å². The number of carbonyl (C=O) groups is 2. The van der Waals surface area contributed by atoms with Gasteiger partial charge in [0.15, 0.2) is 6.61 Å². The maximum atomic E-state index is 13.4. The van der Waals surface area contributed by atoms with Gasteiger partial charge in [0.25, 0.3) is 5.91 Å². The van der Waals surface area contributed by atoms with Gasteiger partial charge in [0.05, 0.1) is 4.47 Å². The van der Waals surface area contributed by atoms with E-state index >= 15 is 0 Å². The first-order chi connectivity index (χ1) is 15.9. The molecule has 0 aliphatic heterocycles. The van der Waals surface area contributed by atoms with E-state index in [0.29, 0.717) is 21.7 Å². The highest BCUT2D eigenvalue weighted by atomic mass is 79.9. The van der Waals surface area contributed by atoms with Gasteiger partial charge in [0.1, 0.15) is 17.6 Å². The third kappa shape index (κ3) is 7.44. The average molecular weight is 540 g/mol. The number of nitrogens with one attached hydrogen (secondary N) is 1. The molecule has 3 rings (SSSR count). The lowest BCUT2D eigenvalue weighted by Crippen LogP contribution is -2.52. The molecule has 1 N–H and O–H groups in total. The minimum Gasteiger partial charge on any atom is -0.483 e. The Balaban J connectivity index is 1.76. The normalized spacial score (nSPS) is 15.0. The molecule has 5 nitrogen and oxygen atoms in total. The van der Waals surface area contributed by atoms with Crippen LogP contribution in [0.3, 0.4) is 0 Å². The van der Waals surface area contributed by atoms with Crippen LogP contribution in [0.2, 0.25) is 5.02 Å². The second kappa shape index (κ2) is 12.4. The van der Waals surface area contributed by atoms with E-state index in [1.54, 1.807) is 30.3 Å².